The maximum absolute atomic E-state index is 9.24. The van der Waals surface area contributed by atoms with Crippen molar-refractivity contribution in [3.63, 3.8) is 0 Å². The number of rotatable bonds is 1. The van der Waals surface area contributed by atoms with Gasteiger partial charge in [-0.2, -0.15) is 0 Å². The topological polar surface area (TPSA) is 176 Å². The molecule has 0 unspecified atom stereocenters. The molecule has 9 N–H and O–H groups in total. The molecule has 0 aromatic heterocycles. The fourth-order valence-corrected chi connectivity index (χ4v) is 0. The normalized spacial score (nSPS) is 5.85. The third-order valence-electron chi connectivity index (χ3n) is 0.175. The van der Waals surface area contributed by atoms with E-state index in [1.165, 1.54) is 0 Å². The lowest BCUT2D eigenvalue weighted by Gasteiger charge is -1.73. The summed E-state index contributed by atoms with van der Waals surface area (Å²) in [7, 11) is 0. The number of hydrogen-bond acceptors (Lipinski definition) is 6. The highest BCUT2D eigenvalue weighted by molar-refractivity contribution is 6.13. The molecule has 0 amide bonds. The second kappa shape index (κ2) is 22.5. The molecule has 0 rings (SSSR count). The van der Waals surface area contributed by atoms with Gasteiger partial charge in [0.1, 0.15) is 0 Å². The van der Waals surface area contributed by atoms with E-state index in [1.54, 1.807) is 0 Å². The first-order chi connectivity index (χ1) is 5.42. The van der Waals surface area contributed by atoms with Crippen LogP contribution in [0.1, 0.15) is 6.92 Å². The Morgan fingerprint density at radius 2 is 1.38 bits per heavy atom. The average Bonchev–Trinajstić information content (AvgIpc) is 1.88. The standard InChI is InChI=1S/C2H5NO2.C2H4O2.Al.H3N.2H2O/c3-1-2(4)5;1-2(3)4;;;;/h1,3H2,(H,4,5);1H3,(H,3,4);;1H3;2*1H2/q;;+2;;;/p-2. The van der Waals surface area contributed by atoms with Gasteiger partial charge in [-0.25, -0.2) is 0 Å². The van der Waals surface area contributed by atoms with Crippen LogP contribution in [0.25, 0.3) is 0 Å². The summed E-state index contributed by atoms with van der Waals surface area (Å²) in [5.74, 6) is -1.80. The lowest BCUT2D eigenvalue weighted by molar-refractivity contribution is -0.136. The van der Waals surface area contributed by atoms with Crippen molar-refractivity contribution in [2.75, 3.05) is 6.54 Å². The predicted molar refractivity (Wildman–Crippen MR) is 45.2 cm³/mol. The molecule has 0 spiro atoms. The quantitative estimate of drug-likeness (QED) is 0.265. The van der Waals surface area contributed by atoms with Gasteiger partial charge in [0.15, 0.2) is 0 Å². The Labute approximate surface area is 82.0 Å². The lowest BCUT2D eigenvalue weighted by atomic mass is 10.7. The lowest BCUT2D eigenvalue weighted by Crippen LogP contribution is -2.10. The Bertz CT molecular complexity index is 117. The monoisotopic (exact) mass is 213 g/mol. The molecule has 0 atom stereocenters. The Kier molecular flexibility index (Phi) is 39.5. The largest absolute Gasteiger partial charge is 0.662 e. The molecule has 0 fully saturated rings. The second-order valence-electron chi connectivity index (χ2n) is 1.23. The minimum Gasteiger partial charge on any atom is -0.499 e. The molecular weight excluding hydrogens is 199 g/mol. The number of aliphatic carboxylic acids is 2. The molecule has 0 bridgehead atoms. The molecule has 9 heteroatoms. The summed E-state index contributed by atoms with van der Waals surface area (Å²) in [6.45, 7) is 0.806. The molecule has 0 heterocycles. The first-order valence-corrected chi connectivity index (χ1v) is 3.67. The van der Waals surface area contributed by atoms with E-state index < -0.39 is 27.8 Å². The molecule has 0 saturated heterocycles. The van der Waals surface area contributed by atoms with E-state index in [4.69, 9.17) is 23.3 Å². The van der Waals surface area contributed by atoms with Crippen molar-refractivity contribution in [3.8, 4) is 0 Å². The number of carboxylic acids is 2. The van der Waals surface area contributed by atoms with Crippen molar-refractivity contribution in [1.29, 1.82) is 0 Å². The van der Waals surface area contributed by atoms with Crippen molar-refractivity contribution < 1.29 is 28.1 Å². The van der Waals surface area contributed by atoms with Gasteiger partial charge in [0.05, 0.1) is 6.54 Å². The van der Waals surface area contributed by atoms with Gasteiger partial charge in [-0.05, 0) is 0 Å². The second-order valence-corrected chi connectivity index (χ2v) is 1.46. The molecular formula is C4H14AlN2O6. The Morgan fingerprint density at radius 1 is 1.31 bits per heavy atom. The maximum atomic E-state index is 9.24. The average molecular weight is 213 g/mol. The van der Waals surface area contributed by atoms with Crippen LogP contribution in [0.2, 0.25) is 0 Å². The minimum absolute atomic E-state index is 0. The summed E-state index contributed by atoms with van der Waals surface area (Å²) in [6.07, 6.45) is 0. The van der Waals surface area contributed by atoms with E-state index >= 15 is 0 Å². The highest BCUT2D eigenvalue weighted by atomic mass is 27.2. The first-order valence-electron chi connectivity index (χ1n) is 2.63. The number of carbonyl (C=O) groups is 2. The summed E-state index contributed by atoms with van der Waals surface area (Å²) in [6, 6.07) is 0. The zero-order chi connectivity index (χ0) is 10.6. The highest BCUT2D eigenvalue weighted by Gasteiger charge is 1.81. The molecule has 8 nitrogen and oxygen atoms in total. The van der Waals surface area contributed by atoms with E-state index in [0.717, 1.165) is 6.92 Å². The van der Waals surface area contributed by atoms with Gasteiger partial charge in [-0.3, -0.25) is 9.59 Å². The van der Waals surface area contributed by atoms with Gasteiger partial charge < -0.3 is 30.4 Å². The molecule has 1 radical (unpaired) electrons. The highest BCUT2D eigenvalue weighted by Crippen LogP contribution is 1.43. The Balaban J connectivity index is -0.0000000465. The summed E-state index contributed by atoms with van der Waals surface area (Å²) in [5.41, 5.74) is 4.57. The molecule has 0 saturated carbocycles. The van der Waals surface area contributed by atoms with Crippen LogP contribution in [0.15, 0.2) is 0 Å². The van der Waals surface area contributed by atoms with Gasteiger partial charge in [0.2, 0.25) is 0 Å². The number of nitrogens with two attached hydrogens (primary N) is 1. The zero-order valence-corrected chi connectivity index (χ0v) is 8.33. The van der Waals surface area contributed by atoms with E-state index in [2.05, 4.69) is 5.73 Å². The van der Waals surface area contributed by atoms with Gasteiger partial charge >= 0.3 is 21.9 Å². The molecule has 79 valence electrons. The summed E-state index contributed by atoms with van der Waals surface area (Å²) < 4.78 is 14.4. The predicted octanol–water partition coefficient (Wildman–Crippen LogP) is -2.21. The third-order valence-corrected chi connectivity index (χ3v) is 0.175. The van der Waals surface area contributed by atoms with Gasteiger partial charge in [0.25, 0.3) is 5.97 Å². The summed E-state index contributed by atoms with van der Waals surface area (Å²) >= 11 is -1.25. The Morgan fingerprint density at radius 3 is 1.38 bits per heavy atom. The van der Waals surface area contributed by atoms with Crippen LogP contribution in [-0.2, 0) is 9.59 Å². The van der Waals surface area contributed by atoms with Crippen molar-refractivity contribution in [3.05, 3.63) is 0 Å². The summed E-state index contributed by atoms with van der Waals surface area (Å²) in [5, 5.41) is 15.0. The molecule has 0 aliphatic heterocycles. The van der Waals surface area contributed by atoms with Crippen molar-refractivity contribution in [2.24, 2.45) is 5.73 Å². The van der Waals surface area contributed by atoms with Crippen LogP contribution in [0, 0.1) is 0 Å². The molecule has 0 aliphatic carbocycles. The van der Waals surface area contributed by atoms with Gasteiger partial charge in [-0.15, -0.1) is 0 Å². The smallest absolute Gasteiger partial charge is 0.499 e. The van der Waals surface area contributed by atoms with Crippen molar-refractivity contribution >= 4 is 27.8 Å². The zero-order valence-electron chi connectivity index (χ0n) is 7.17. The molecule has 13 heavy (non-hydrogen) atoms. The molecule has 0 aromatic rings. The third kappa shape index (κ3) is 570. The number of hydrogen-bond donors (Lipinski definition) is 6. The van der Waals surface area contributed by atoms with E-state index in [9.17, 15) is 4.79 Å². The molecule has 0 aromatic carbocycles. The van der Waals surface area contributed by atoms with Crippen LogP contribution < -0.4 is 11.9 Å². The van der Waals surface area contributed by atoms with Crippen molar-refractivity contribution in [1.82, 2.24) is 6.15 Å². The van der Waals surface area contributed by atoms with Crippen LogP contribution in [-0.4, -0.2) is 52.9 Å². The van der Waals surface area contributed by atoms with E-state index in [0.29, 0.717) is 0 Å². The Hall–Kier alpha value is -0.688. The summed E-state index contributed by atoms with van der Waals surface area (Å²) in [4.78, 5) is 18.2. The molecule has 0 aliphatic rings. The fraction of sp³-hybridized carbons (Fsp3) is 0.500. The fourth-order valence-electron chi connectivity index (χ4n) is 0. The van der Waals surface area contributed by atoms with Crippen molar-refractivity contribution in [2.45, 2.75) is 6.92 Å². The van der Waals surface area contributed by atoms with Crippen LogP contribution >= 0.6 is 0 Å². The van der Waals surface area contributed by atoms with Crippen LogP contribution in [0.3, 0.4) is 0 Å². The van der Waals surface area contributed by atoms with Crippen LogP contribution in [0.4, 0.5) is 0 Å². The first kappa shape index (κ1) is 22.8. The van der Waals surface area contributed by atoms with Crippen LogP contribution in [0.5, 0.6) is 0 Å². The van der Waals surface area contributed by atoms with Gasteiger partial charge in [-0.1, -0.05) is 0 Å². The van der Waals surface area contributed by atoms with E-state index in [1.807, 2.05) is 0 Å². The van der Waals surface area contributed by atoms with E-state index in [-0.39, 0.29) is 12.7 Å². The van der Waals surface area contributed by atoms with Gasteiger partial charge in [0, 0.05) is 6.92 Å². The maximum Gasteiger partial charge on any atom is 0.662 e. The SMILES string of the molecule is CC(=O)O.N.NCC(=O)O.[OH][Al][OH]. The number of carboxylic acid groups (broad SMARTS) is 2. The minimum atomic E-state index is -1.25.